The predicted molar refractivity (Wildman–Crippen MR) is 99.5 cm³/mol. The summed E-state index contributed by atoms with van der Waals surface area (Å²) in [5, 5.41) is 3.21. The first-order valence-electron chi connectivity index (χ1n) is 8.42. The van der Waals surface area contributed by atoms with E-state index >= 15 is 0 Å². The molecule has 1 aromatic carbocycles. The van der Waals surface area contributed by atoms with E-state index in [1.165, 1.54) is 21.4 Å². The van der Waals surface area contributed by atoms with E-state index in [1.54, 1.807) is 24.3 Å². The maximum atomic E-state index is 12.7. The van der Waals surface area contributed by atoms with Crippen molar-refractivity contribution in [3.63, 3.8) is 0 Å². The van der Waals surface area contributed by atoms with Gasteiger partial charge in [-0.25, -0.2) is 13.4 Å². The van der Waals surface area contributed by atoms with Gasteiger partial charge in [-0.05, 0) is 37.0 Å². The van der Waals surface area contributed by atoms with E-state index in [2.05, 4.69) is 17.2 Å². The molecule has 1 fully saturated rings. The largest absolute Gasteiger partial charge is 0.327 e. The van der Waals surface area contributed by atoms with Gasteiger partial charge in [-0.1, -0.05) is 24.6 Å². The molecule has 3 rings (SSSR count). The van der Waals surface area contributed by atoms with Crippen molar-refractivity contribution >= 4 is 33.2 Å². The third-order valence-corrected chi connectivity index (χ3v) is 6.41. The van der Waals surface area contributed by atoms with E-state index in [1.807, 2.05) is 0 Å². The molecule has 9 heteroatoms. The third kappa shape index (κ3) is 4.44. The first kappa shape index (κ1) is 18.9. The monoisotopic (exact) mass is 396 g/mol. The smallest absolute Gasteiger partial charge is 0.262 e. The Morgan fingerprint density at radius 1 is 1.35 bits per heavy atom. The summed E-state index contributed by atoms with van der Waals surface area (Å²) in [5.74, 6) is 0.245. The number of rotatable bonds is 5. The Hall–Kier alpha value is -1.90. The van der Waals surface area contributed by atoms with Crippen LogP contribution in [0.1, 0.15) is 19.8 Å². The van der Waals surface area contributed by atoms with Crippen molar-refractivity contribution in [2.75, 3.05) is 18.4 Å². The topological polar surface area (TPSA) is 84.3 Å². The van der Waals surface area contributed by atoms with Gasteiger partial charge in [0.15, 0.2) is 5.03 Å². The van der Waals surface area contributed by atoms with Gasteiger partial charge < -0.3 is 9.88 Å². The molecule has 0 saturated carbocycles. The van der Waals surface area contributed by atoms with Crippen LogP contribution in [-0.2, 0) is 21.4 Å². The highest BCUT2D eigenvalue weighted by Crippen LogP contribution is 2.22. The van der Waals surface area contributed by atoms with Crippen LogP contribution in [0.15, 0.2) is 41.8 Å². The maximum Gasteiger partial charge on any atom is 0.262 e. The molecule has 1 N–H and O–H groups in total. The molecule has 2 aromatic rings. The van der Waals surface area contributed by atoms with E-state index in [0.29, 0.717) is 29.7 Å². The first-order valence-corrected chi connectivity index (χ1v) is 10.2. The number of imidazole rings is 1. The average Bonchev–Trinajstić information content (AvgIpc) is 3.04. The summed E-state index contributed by atoms with van der Waals surface area (Å²) in [6.07, 6.45) is 4.45. The number of aromatic nitrogens is 2. The van der Waals surface area contributed by atoms with Crippen molar-refractivity contribution in [2.45, 2.75) is 31.3 Å². The highest BCUT2D eigenvalue weighted by molar-refractivity contribution is 7.89. The van der Waals surface area contributed by atoms with E-state index in [-0.39, 0.29) is 17.5 Å². The second kappa shape index (κ2) is 7.77. The van der Waals surface area contributed by atoms with Gasteiger partial charge in [0.25, 0.3) is 10.0 Å². The summed E-state index contributed by atoms with van der Waals surface area (Å²) in [6, 6.07) is 6.82. The Bertz CT molecular complexity index is 889. The van der Waals surface area contributed by atoms with Crippen LogP contribution >= 0.6 is 11.6 Å². The quantitative estimate of drug-likeness (QED) is 0.841. The lowest BCUT2D eigenvalue weighted by atomic mass is 10.0. The van der Waals surface area contributed by atoms with E-state index in [4.69, 9.17) is 11.6 Å². The predicted octanol–water partition coefficient (Wildman–Crippen LogP) is 2.60. The fourth-order valence-electron chi connectivity index (χ4n) is 2.85. The summed E-state index contributed by atoms with van der Waals surface area (Å²) >= 11 is 5.89. The number of nitrogens with zero attached hydrogens (tertiary/aromatic N) is 3. The van der Waals surface area contributed by atoms with Gasteiger partial charge in [0.2, 0.25) is 5.91 Å². The van der Waals surface area contributed by atoms with Gasteiger partial charge in [0.1, 0.15) is 6.54 Å². The van der Waals surface area contributed by atoms with Crippen molar-refractivity contribution < 1.29 is 13.2 Å². The zero-order chi connectivity index (χ0) is 18.7. The number of halogens is 1. The van der Waals surface area contributed by atoms with Gasteiger partial charge in [0.05, 0.1) is 6.33 Å². The van der Waals surface area contributed by atoms with E-state index in [0.717, 1.165) is 12.8 Å². The lowest BCUT2D eigenvalue weighted by molar-refractivity contribution is -0.116. The van der Waals surface area contributed by atoms with Crippen LogP contribution in [0.3, 0.4) is 0 Å². The van der Waals surface area contributed by atoms with E-state index < -0.39 is 10.0 Å². The minimum absolute atomic E-state index is 0.0254. The zero-order valence-electron chi connectivity index (χ0n) is 14.4. The molecule has 140 valence electrons. The fraction of sp³-hybridized carbons (Fsp3) is 0.412. The molecule has 2 heterocycles. The highest BCUT2D eigenvalue weighted by Gasteiger charge is 2.29. The molecule has 1 amide bonds. The molecule has 1 aliphatic heterocycles. The van der Waals surface area contributed by atoms with Crippen LogP contribution in [-0.4, -0.2) is 41.3 Å². The van der Waals surface area contributed by atoms with Crippen LogP contribution in [0.2, 0.25) is 5.02 Å². The molecular weight excluding hydrogens is 376 g/mol. The van der Waals surface area contributed by atoms with Crippen molar-refractivity contribution in [2.24, 2.45) is 5.92 Å². The second-order valence-electron chi connectivity index (χ2n) is 6.53. The molecule has 0 atom stereocenters. The van der Waals surface area contributed by atoms with Gasteiger partial charge in [0, 0.05) is 30.0 Å². The van der Waals surface area contributed by atoms with Crippen LogP contribution in [0.5, 0.6) is 0 Å². The molecule has 0 radical (unpaired) electrons. The molecule has 0 aliphatic carbocycles. The third-order valence-electron chi connectivity index (χ3n) is 4.39. The molecule has 1 aromatic heterocycles. The number of piperidine rings is 1. The number of carbonyl (C=O) groups is 1. The van der Waals surface area contributed by atoms with Gasteiger partial charge >= 0.3 is 0 Å². The van der Waals surface area contributed by atoms with Crippen LogP contribution in [0.25, 0.3) is 0 Å². The molecule has 1 aliphatic rings. The molecular formula is C17H21ClN4O3S. The minimum atomic E-state index is -3.61. The Balaban J connectivity index is 1.64. The average molecular weight is 397 g/mol. The van der Waals surface area contributed by atoms with Gasteiger partial charge in [-0.15, -0.1) is 0 Å². The Labute approximate surface area is 158 Å². The summed E-state index contributed by atoms with van der Waals surface area (Å²) in [6.45, 7) is 3.10. The Morgan fingerprint density at radius 3 is 2.77 bits per heavy atom. The maximum absolute atomic E-state index is 12.7. The number of amides is 1. The summed E-state index contributed by atoms with van der Waals surface area (Å²) in [5.41, 5.74) is 0.581. The van der Waals surface area contributed by atoms with Crippen molar-refractivity contribution in [3.05, 3.63) is 41.8 Å². The lowest BCUT2D eigenvalue weighted by Gasteiger charge is -2.28. The number of hydrogen-bond donors (Lipinski definition) is 1. The normalized spacial score (nSPS) is 16.5. The molecule has 26 heavy (non-hydrogen) atoms. The standard InChI is InChI=1S/C17H21ClN4O3S/c1-13-5-7-22(8-6-13)26(24,25)17-11-21(12-19-17)10-16(23)20-15-4-2-3-14(18)9-15/h2-4,9,11-13H,5-8,10H2,1H3,(H,20,23). The van der Waals surface area contributed by atoms with E-state index in [9.17, 15) is 13.2 Å². The Morgan fingerprint density at radius 2 is 2.08 bits per heavy atom. The molecule has 0 unspecified atom stereocenters. The van der Waals surface area contributed by atoms with Gasteiger partial charge in [-0.2, -0.15) is 4.31 Å². The minimum Gasteiger partial charge on any atom is -0.327 e. The summed E-state index contributed by atoms with van der Waals surface area (Å²) in [7, 11) is -3.61. The number of nitrogens with one attached hydrogen (secondary N) is 1. The van der Waals surface area contributed by atoms with Crippen LogP contribution in [0, 0.1) is 5.92 Å². The molecule has 7 nitrogen and oxygen atoms in total. The van der Waals surface area contributed by atoms with Crippen molar-refractivity contribution in [3.8, 4) is 0 Å². The number of benzene rings is 1. The second-order valence-corrected chi connectivity index (χ2v) is 8.85. The van der Waals surface area contributed by atoms with Crippen molar-refractivity contribution in [1.82, 2.24) is 13.9 Å². The molecule has 1 saturated heterocycles. The first-order chi connectivity index (χ1) is 12.3. The number of hydrogen-bond acceptors (Lipinski definition) is 4. The molecule has 0 bridgehead atoms. The summed E-state index contributed by atoms with van der Waals surface area (Å²) in [4.78, 5) is 16.1. The SMILES string of the molecule is CC1CCN(S(=O)(=O)c2cn(CC(=O)Nc3cccc(Cl)c3)cn2)CC1. The Kier molecular flexibility index (Phi) is 5.64. The number of sulfonamides is 1. The lowest BCUT2D eigenvalue weighted by Crippen LogP contribution is -2.38. The van der Waals surface area contributed by atoms with Gasteiger partial charge in [-0.3, -0.25) is 4.79 Å². The summed E-state index contributed by atoms with van der Waals surface area (Å²) < 4.78 is 28.2. The van der Waals surface area contributed by atoms with Crippen LogP contribution in [0.4, 0.5) is 5.69 Å². The van der Waals surface area contributed by atoms with Crippen molar-refractivity contribution in [1.29, 1.82) is 0 Å². The number of carbonyl (C=O) groups excluding carboxylic acids is 1. The zero-order valence-corrected chi connectivity index (χ0v) is 16.0. The highest BCUT2D eigenvalue weighted by atomic mass is 35.5. The van der Waals surface area contributed by atoms with Crippen LogP contribution < -0.4 is 5.32 Å². The fourth-order valence-corrected chi connectivity index (χ4v) is 4.44. The molecule has 0 spiro atoms. The number of anilines is 1.